The second-order valence-corrected chi connectivity index (χ2v) is 7.51. The first-order chi connectivity index (χ1) is 11.3. The maximum atomic E-state index is 12.3. The minimum Gasteiger partial charge on any atom is -0.444 e. The molecule has 1 atom stereocenters. The lowest BCUT2D eigenvalue weighted by Crippen LogP contribution is -2.35. The first-order valence-corrected chi connectivity index (χ1v) is 8.65. The molecule has 24 heavy (non-hydrogen) atoms. The molecule has 1 aliphatic heterocycles. The van der Waals surface area contributed by atoms with Crippen molar-refractivity contribution in [3.05, 3.63) is 23.2 Å². The largest absolute Gasteiger partial charge is 0.444 e. The lowest BCUT2D eigenvalue weighted by atomic mass is 10.2. The van der Waals surface area contributed by atoms with Gasteiger partial charge in [0.25, 0.3) is 0 Å². The summed E-state index contributed by atoms with van der Waals surface area (Å²) >= 11 is 6.26. The Labute approximate surface area is 146 Å². The molecule has 1 aliphatic rings. The Hall–Kier alpha value is -1.82. The molecule has 2 aromatic rings. The standard InChI is InChI=1S/C17H23ClN4O2/c1-5-11-8-22(15-13(11)14(18)19-10-20-15)12-6-7-21(9-12)16(23)24-17(2,3)4/h8,10,12H,5-7,9H2,1-4H3. The Kier molecular flexibility index (Phi) is 4.42. The second kappa shape index (κ2) is 6.24. The molecule has 7 heteroatoms. The number of carbonyl (C=O) groups is 1. The van der Waals surface area contributed by atoms with Gasteiger partial charge in [0, 0.05) is 19.3 Å². The molecular formula is C17H23ClN4O2. The van der Waals surface area contributed by atoms with E-state index in [1.807, 2.05) is 20.8 Å². The first-order valence-electron chi connectivity index (χ1n) is 8.28. The van der Waals surface area contributed by atoms with Crippen LogP contribution >= 0.6 is 11.6 Å². The maximum Gasteiger partial charge on any atom is 0.410 e. The minimum absolute atomic E-state index is 0.172. The van der Waals surface area contributed by atoms with Crippen molar-refractivity contribution in [3.8, 4) is 0 Å². The fourth-order valence-corrected chi connectivity index (χ4v) is 3.38. The van der Waals surface area contributed by atoms with Gasteiger partial charge in [-0.2, -0.15) is 0 Å². The molecular weight excluding hydrogens is 328 g/mol. The normalized spacial score (nSPS) is 18.4. The van der Waals surface area contributed by atoms with Gasteiger partial charge in [0.05, 0.1) is 11.4 Å². The number of hydrogen-bond donors (Lipinski definition) is 0. The third kappa shape index (κ3) is 3.20. The van der Waals surface area contributed by atoms with Crippen LogP contribution in [0.15, 0.2) is 12.5 Å². The third-order valence-electron chi connectivity index (χ3n) is 4.23. The van der Waals surface area contributed by atoms with Crippen LogP contribution in [0.1, 0.15) is 45.7 Å². The van der Waals surface area contributed by atoms with Gasteiger partial charge >= 0.3 is 6.09 Å². The van der Waals surface area contributed by atoms with Crippen molar-refractivity contribution in [3.63, 3.8) is 0 Å². The van der Waals surface area contributed by atoms with Gasteiger partial charge in [0.2, 0.25) is 0 Å². The SMILES string of the molecule is CCc1cn(C2CCN(C(=O)OC(C)(C)C)C2)c2ncnc(Cl)c12. The van der Waals surface area contributed by atoms with Crippen LogP contribution in [0.2, 0.25) is 5.15 Å². The van der Waals surface area contributed by atoms with Gasteiger partial charge in [-0.25, -0.2) is 14.8 Å². The van der Waals surface area contributed by atoms with Gasteiger partial charge in [-0.3, -0.25) is 0 Å². The number of halogens is 1. The van der Waals surface area contributed by atoms with Crippen molar-refractivity contribution in [2.45, 2.75) is 52.2 Å². The Morgan fingerprint density at radius 3 is 2.83 bits per heavy atom. The molecule has 2 aromatic heterocycles. The van der Waals surface area contributed by atoms with Crippen molar-refractivity contribution >= 4 is 28.7 Å². The van der Waals surface area contributed by atoms with Crippen LogP contribution in [-0.4, -0.2) is 44.2 Å². The zero-order chi connectivity index (χ0) is 17.5. The van der Waals surface area contributed by atoms with Crippen LogP contribution in [0.5, 0.6) is 0 Å². The molecule has 3 rings (SSSR count). The molecule has 0 aliphatic carbocycles. The number of aromatic nitrogens is 3. The van der Waals surface area contributed by atoms with Crippen LogP contribution in [-0.2, 0) is 11.2 Å². The van der Waals surface area contributed by atoms with Gasteiger partial charge in [-0.05, 0) is 39.2 Å². The molecule has 0 bridgehead atoms. The molecule has 3 heterocycles. The lowest BCUT2D eigenvalue weighted by Gasteiger charge is -2.24. The molecule has 1 saturated heterocycles. The zero-order valence-electron chi connectivity index (χ0n) is 14.5. The summed E-state index contributed by atoms with van der Waals surface area (Å²) in [5, 5.41) is 1.40. The highest BCUT2D eigenvalue weighted by Gasteiger charge is 2.31. The minimum atomic E-state index is -0.481. The molecule has 0 N–H and O–H groups in total. The Morgan fingerprint density at radius 1 is 1.42 bits per heavy atom. The average Bonchev–Trinajstić information content (AvgIpc) is 3.10. The molecule has 0 aromatic carbocycles. The van der Waals surface area contributed by atoms with Crippen molar-refractivity contribution in [1.29, 1.82) is 0 Å². The highest BCUT2D eigenvalue weighted by molar-refractivity contribution is 6.34. The van der Waals surface area contributed by atoms with E-state index in [0.29, 0.717) is 18.2 Å². The van der Waals surface area contributed by atoms with E-state index >= 15 is 0 Å². The van der Waals surface area contributed by atoms with Crippen molar-refractivity contribution in [1.82, 2.24) is 19.4 Å². The number of carbonyl (C=O) groups excluding carboxylic acids is 1. The smallest absolute Gasteiger partial charge is 0.410 e. The van der Waals surface area contributed by atoms with Crippen LogP contribution in [0, 0.1) is 0 Å². The number of nitrogens with zero attached hydrogens (tertiary/aromatic N) is 4. The fourth-order valence-electron chi connectivity index (χ4n) is 3.13. The number of ether oxygens (including phenoxy) is 1. The summed E-state index contributed by atoms with van der Waals surface area (Å²) in [7, 11) is 0. The summed E-state index contributed by atoms with van der Waals surface area (Å²) < 4.78 is 7.60. The lowest BCUT2D eigenvalue weighted by molar-refractivity contribution is 0.0289. The Bertz CT molecular complexity index is 766. The van der Waals surface area contributed by atoms with Crippen LogP contribution in [0.3, 0.4) is 0 Å². The van der Waals surface area contributed by atoms with Gasteiger partial charge < -0.3 is 14.2 Å². The highest BCUT2D eigenvalue weighted by Crippen LogP contribution is 2.32. The predicted octanol–water partition coefficient (Wildman–Crippen LogP) is 3.83. The number of likely N-dealkylation sites (tertiary alicyclic amines) is 1. The van der Waals surface area contributed by atoms with E-state index in [1.54, 1.807) is 4.90 Å². The third-order valence-corrected chi connectivity index (χ3v) is 4.52. The summed E-state index contributed by atoms with van der Waals surface area (Å²) in [4.78, 5) is 22.5. The molecule has 0 spiro atoms. The van der Waals surface area contributed by atoms with E-state index in [9.17, 15) is 4.79 Å². The Morgan fingerprint density at radius 2 is 2.17 bits per heavy atom. The zero-order valence-corrected chi connectivity index (χ0v) is 15.3. The van der Waals surface area contributed by atoms with Crippen LogP contribution < -0.4 is 0 Å². The van der Waals surface area contributed by atoms with Crippen LogP contribution in [0.25, 0.3) is 11.0 Å². The maximum absolute atomic E-state index is 12.3. The number of aryl methyl sites for hydroxylation is 1. The molecule has 1 unspecified atom stereocenters. The predicted molar refractivity (Wildman–Crippen MR) is 93.4 cm³/mol. The summed E-state index contributed by atoms with van der Waals surface area (Å²) in [5.41, 5.74) is 1.49. The van der Waals surface area contributed by atoms with E-state index < -0.39 is 5.60 Å². The summed E-state index contributed by atoms with van der Waals surface area (Å²) in [6.07, 6.45) is 5.05. The molecule has 1 fully saturated rings. The quantitative estimate of drug-likeness (QED) is 0.772. The number of fused-ring (bicyclic) bond motifs is 1. The van der Waals surface area contributed by atoms with Gasteiger partial charge in [0.1, 0.15) is 22.7 Å². The topological polar surface area (TPSA) is 60.2 Å². The monoisotopic (exact) mass is 350 g/mol. The molecule has 6 nitrogen and oxygen atoms in total. The van der Waals surface area contributed by atoms with Gasteiger partial charge in [-0.15, -0.1) is 0 Å². The van der Waals surface area contributed by atoms with Crippen molar-refractivity contribution in [2.75, 3.05) is 13.1 Å². The van der Waals surface area contributed by atoms with E-state index in [1.165, 1.54) is 6.33 Å². The number of amides is 1. The second-order valence-electron chi connectivity index (χ2n) is 7.15. The van der Waals surface area contributed by atoms with E-state index in [-0.39, 0.29) is 12.1 Å². The van der Waals surface area contributed by atoms with Crippen LogP contribution in [0.4, 0.5) is 4.79 Å². The molecule has 0 radical (unpaired) electrons. The fraction of sp³-hybridized carbons (Fsp3) is 0.588. The summed E-state index contributed by atoms with van der Waals surface area (Å²) in [6.45, 7) is 9.02. The highest BCUT2D eigenvalue weighted by atomic mass is 35.5. The number of hydrogen-bond acceptors (Lipinski definition) is 4. The van der Waals surface area contributed by atoms with Crippen molar-refractivity contribution in [2.24, 2.45) is 0 Å². The molecule has 130 valence electrons. The first kappa shape index (κ1) is 17.0. The van der Waals surface area contributed by atoms with E-state index in [2.05, 4.69) is 27.7 Å². The van der Waals surface area contributed by atoms with E-state index in [4.69, 9.17) is 16.3 Å². The average molecular weight is 351 g/mol. The van der Waals surface area contributed by atoms with E-state index in [0.717, 1.165) is 29.4 Å². The van der Waals surface area contributed by atoms with Crippen molar-refractivity contribution < 1.29 is 9.53 Å². The summed E-state index contributed by atoms with van der Waals surface area (Å²) in [6, 6.07) is 0.172. The van der Waals surface area contributed by atoms with Gasteiger partial charge in [0.15, 0.2) is 0 Å². The molecule has 0 saturated carbocycles. The molecule has 1 amide bonds. The van der Waals surface area contributed by atoms with Gasteiger partial charge in [-0.1, -0.05) is 18.5 Å². The number of rotatable bonds is 2. The Balaban J connectivity index is 1.85. The summed E-state index contributed by atoms with van der Waals surface area (Å²) in [5.74, 6) is 0.